The molecule has 0 aliphatic heterocycles. The summed E-state index contributed by atoms with van der Waals surface area (Å²) in [7, 11) is 0. The third kappa shape index (κ3) is 3.87. The van der Waals surface area contributed by atoms with Crippen molar-refractivity contribution in [2.45, 2.75) is 32.7 Å². The first-order valence-electron chi connectivity index (χ1n) is 6.99. The molecule has 0 unspecified atom stereocenters. The number of non-ortho nitro benzene ring substituents is 1. The van der Waals surface area contributed by atoms with Crippen molar-refractivity contribution < 1.29 is 9.72 Å². The molecule has 0 bridgehead atoms. The van der Waals surface area contributed by atoms with Gasteiger partial charge in [-0.2, -0.15) is 0 Å². The highest BCUT2D eigenvalue weighted by molar-refractivity contribution is 5.98. The SMILES string of the molecule is CC(C)CN(CC(=O)c1cccc([N+](=O)[O-])c1)C1CC1. The number of nitrogens with zero attached hydrogens (tertiary/aromatic N) is 2. The van der Waals surface area contributed by atoms with Gasteiger partial charge in [0.05, 0.1) is 11.5 Å². The van der Waals surface area contributed by atoms with Crippen LogP contribution in [0.3, 0.4) is 0 Å². The van der Waals surface area contributed by atoms with Crippen LogP contribution in [-0.4, -0.2) is 34.7 Å². The van der Waals surface area contributed by atoms with Gasteiger partial charge in [-0.1, -0.05) is 26.0 Å². The minimum atomic E-state index is -0.469. The number of rotatable bonds is 7. The van der Waals surface area contributed by atoms with E-state index in [9.17, 15) is 14.9 Å². The molecular weight excluding hydrogens is 256 g/mol. The third-order valence-electron chi connectivity index (χ3n) is 3.39. The summed E-state index contributed by atoms with van der Waals surface area (Å²) in [6, 6.07) is 6.50. The molecule has 5 nitrogen and oxygen atoms in total. The number of carbonyl (C=O) groups is 1. The zero-order valence-electron chi connectivity index (χ0n) is 11.9. The molecule has 2 rings (SSSR count). The summed E-state index contributed by atoms with van der Waals surface area (Å²) in [6.07, 6.45) is 2.30. The molecule has 0 spiro atoms. The lowest BCUT2D eigenvalue weighted by Crippen LogP contribution is -2.34. The predicted molar refractivity (Wildman–Crippen MR) is 76.9 cm³/mol. The highest BCUT2D eigenvalue weighted by Crippen LogP contribution is 2.27. The van der Waals surface area contributed by atoms with Crippen LogP contribution in [-0.2, 0) is 0 Å². The Balaban J connectivity index is 2.06. The molecule has 0 atom stereocenters. The molecule has 108 valence electrons. The lowest BCUT2D eigenvalue weighted by molar-refractivity contribution is -0.384. The fourth-order valence-electron chi connectivity index (χ4n) is 2.32. The van der Waals surface area contributed by atoms with E-state index in [1.54, 1.807) is 12.1 Å². The molecule has 0 heterocycles. The molecule has 0 saturated heterocycles. The van der Waals surface area contributed by atoms with Crippen LogP contribution in [0.2, 0.25) is 0 Å². The van der Waals surface area contributed by atoms with Gasteiger partial charge in [-0.15, -0.1) is 0 Å². The number of ketones is 1. The van der Waals surface area contributed by atoms with Crippen LogP contribution in [0.5, 0.6) is 0 Å². The maximum absolute atomic E-state index is 12.3. The molecule has 5 heteroatoms. The van der Waals surface area contributed by atoms with Gasteiger partial charge in [0.2, 0.25) is 0 Å². The number of Topliss-reactive ketones (excluding diaryl/α,β-unsaturated/α-hetero) is 1. The van der Waals surface area contributed by atoms with Crippen molar-refractivity contribution in [1.29, 1.82) is 0 Å². The molecule has 20 heavy (non-hydrogen) atoms. The maximum Gasteiger partial charge on any atom is 0.270 e. The summed E-state index contributed by atoms with van der Waals surface area (Å²) in [5, 5.41) is 10.7. The number of carbonyl (C=O) groups excluding carboxylic acids is 1. The maximum atomic E-state index is 12.3. The van der Waals surface area contributed by atoms with Crippen LogP contribution in [0.4, 0.5) is 5.69 Å². The number of nitro benzene ring substituents is 1. The van der Waals surface area contributed by atoms with E-state index in [1.807, 2.05) is 0 Å². The van der Waals surface area contributed by atoms with Gasteiger partial charge in [0, 0.05) is 30.3 Å². The van der Waals surface area contributed by atoms with Crippen molar-refractivity contribution in [1.82, 2.24) is 4.90 Å². The Bertz CT molecular complexity index is 510. The van der Waals surface area contributed by atoms with Crippen molar-refractivity contribution >= 4 is 11.5 Å². The molecule has 1 fully saturated rings. The monoisotopic (exact) mass is 276 g/mol. The predicted octanol–water partition coefficient (Wildman–Crippen LogP) is 2.90. The van der Waals surface area contributed by atoms with Crippen molar-refractivity contribution in [3.63, 3.8) is 0 Å². The molecule has 1 aromatic rings. The minimum absolute atomic E-state index is 0.0299. The molecular formula is C15H20N2O3. The Hall–Kier alpha value is -1.75. The van der Waals surface area contributed by atoms with Crippen LogP contribution in [0, 0.1) is 16.0 Å². The van der Waals surface area contributed by atoms with E-state index in [2.05, 4.69) is 18.7 Å². The van der Waals surface area contributed by atoms with E-state index in [-0.39, 0.29) is 11.5 Å². The zero-order chi connectivity index (χ0) is 14.7. The minimum Gasteiger partial charge on any atom is -0.293 e. The first kappa shape index (κ1) is 14.7. The zero-order valence-corrected chi connectivity index (χ0v) is 11.9. The van der Waals surface area contributed by atoms with Gasteiger partial charge in [-0.25, -0.2) is 0 Å². The Morgan fingerprint density at radius 2 is 2.15 bits per heavy atom. The van der Waals surface area contributed by atoms with E-state index in [4.69, 9.17) is 0 Å². The van der Waals surface area contributed by atoms with E-state index < -0.39 is 4.92 Å². The van der Waals surface area contributed by atoms with Gasteiger partial charge >= 0.3 is 0 Å². The van der Waals surface area contributed by atoms with Crippen LogP contribution in [0.1, 0.15) is 37.0 Å². The fourth-order valence-corrected chi connectivity index (χ4v) is 2.32. The van der Waals surface area contributed by atoms with Crippen LogP contribution < -0.4 is 0 Å². The molecule has 1 aliphatic rings. The third-order valence-corrected chi connectivity index (χ3v) is 3.39. The standard InChI is InChI=1S/C15H20N2O3/c1-11(2)9-16(13-6-7-13)10-15(18)12-4-3-5-14(8-12)17(19)20/h3-5,8,11,13H,6-7,9-10H2,1-2H3. The van der Waals surface area contributed by atoms with E-state index in [1.165, 1.54) is 12.1 Å². The molecule has 0 amide bonds. The van der Waals surface area contributed by atoms with Crippen molar-refractivity contribution in [2.75, 3.05) is 13.1 Å². The summed E-state index contributed by atoms with van der Waals surface area (Å²) in [5.41, 5.74) is 0.395. The smallest absolute Gasteiger partial charge is 0.270 e. The number of benzene rings is 1. The van der Waals surface area contributed by atoms with E-state index >= 15 is 0 Å². The number of hydrogen-bond donors (Lipinski definition) is 0. The topological polar surface area (TPSA) is 63.5 Å². The second-order valence-corrected chi connectivity index (χ2v) is 5.79. The summed E-state index contributed by atoms with van der Waals surface area (Å²) in [5.74, 6) is 0.467. The van der Waals surface area contributed by atoms with Gasteiger partial charge < -0.3 is 0 Å². The first-order valence-corrected chi connectivity index (χ1v) is 6.99. The average Bonchev–Trinajstić information content (AvgIpc) is 3.21. The normalized spacial score (nSPS) is 14.8. The quantitative estimate of drug-likeness (QED) is 0.436. The fraction of sp³-hybridized carbons (Fsp3) is 0.533. The van der Waals surface area contributed by atoms with Gasteiger partial charge in [0.15, 0.2) is 5.78 Å². The van der Waals surface area contributed by atoms with Gasteiger partial charge in [0.1, 0.15) is 0 Å². The summed E-state index contributed by atoms with van der Waals surface area (Å²) < 4.78 is 0. The second kappa shape index (κ2) is 6.13. The summed E-state index contributed by atoms with van der Waals surface area (Å²) >= 11 is 0. The Morgan fingerprint density at radius 3 is 2.70 bits per heavy atom. The molecule has 0 N–H and O–H groups in total. The lowest BCUT2D eigenvalue weighted by Gasteiger charge is -2.23. The van der Waals surface area contributed by atoms with Crippen molar-refractivity contribution in [3.8, 4) is 0 Å². The highest BCUT2D eigenvalue weighted by Gasteiger charge is 2.30. The molecule has 1 saturated carbocycles. The van der Waals surface area contributed by atoms with E-state index in [0.717, 1.165) is 19.4 Å². The van der Waals surface area contributed by atoms with Crippen molar-refractivity contribution in [2.24, 2.45) is 5.92 Å². The Labute approximate surface area is 118 Å². The van der Waals surface area contributed by atoms with Gasteiger partial charge in [-0.3, -0.25) is 19.8 Å². The molecule has 1 aliphatic carbocycles. The molecule has 0 aromatic heterocycles. The van der Waals surface area contributed by atoms with Crippen LogP contribution in [0.15, 0.2) is 24.3 Å². The lowest BCUT2D eigenvalue weighted by atomic mass is 10.1. The van der Waals surface area contributed by atoms with Crippen LogP contribution >= 0.6 is 0 Å². The van der Waals surface area contributed by atoms with Gasteiger partial charge in [-0.05, 0) is 18.8 Å². The number of nitro groups is 1. The largest absolute Gasteiger partial charge is 0.293 e. The second-order valence-electron chi connectivity index (χ2n) is 5.79. The summed E-state index contributed by atoms with van der Waals surface area (Å²) in [4.78, 5) is 24.8. The Morgan fingerprint density at radius 1 is 1.45 bits per heavy atom. The Kier molecular flexibility index (Phi) is 4.49. The highest BCUT2D eigenvalue weighted by atomic mass is 16.6. The average molecular weight is 276 g/mol. The van der Waals surface area contributed by atoms with Crippen molar-refractivity contribution in [3.05, 3.63) is 39.9 Å². The van der Waals surface area contributed by atoms with E-state index in [0.29, 0.717) is 24.1 Å². The first-order chi connectivity index (χ1) is 9.47. The molecule has 0 radical (unpaired) electrons. The number of hydrogen-bond acceptors (Lipinski definition) is 4. The summed E-state index contributed by atoms with van der Waals surface area (Å²) in [6.45, 7) is 5.51. The van der Waals surface area contributed by atoms with Crippen LogP contribution in [0.25, 0.3) is 0 Å². The molecule has 1 aromatic carbocycles. The van der Waals surface area contributed by atoms with Gasteiger partial charge in [0.25, 0.3) is 5.69 Å².